The standard InChI is InChI=1S/C11H13FN2O2/c1-13-4-3-7-6-16-11-8(7)5-9(15-2)10(12)14-11/h5-6,13H,3-4H2,1-2H3. The van der Waals surface area contributed by atoms with Crippen molar-refractivity contribution in [3.8, 4) is 5.75 Å². The molecule has 0 fully saturated rings. The van der Waals surface area contributed by atoms with E-state index in [1.165, 1.54) is 7.11 Å². The monoisotopic (exact) mass is 224 g/mol. The summed E-state index contributed by atoms with van der Waals surface area (Å²) in [6, 6.07) is 1.62. The van der Waals surface area contributed by atoms with Gasteiger partial charge in [-0.3, -0.25) is 0 Å². The average molecular weight is 224 g/mol. The first kappa shape index (κ1) is 10.9. The number of nitrogens with zero attached hydrogens (tertiary/aromatic N) is 1. The molecule has 86 valence electrons. The molecule has 4 nitrogen and oxygen atoms in total. The number of fused-ring (bicyclic) bond motifs is 1. The molecule has 0 atom stereocenters. The summed E-state index contributed by atoms with van der Waals surface area (Å²) in [5, 5.41) is 3.84. The number of rotatable bonds is 4. The largest absolute Gasteiger partial charge is 0.492 e. The first-order valence-corrected chi connectivity index (χ1v) is 5.01. The summed E-state index contributed by atoms with van der Waals surface area (Å²) in [5.74, 6) is -0.510. The number of ether oxygens (including phenoxy) is 1. The first-order valence-electron chi connectivity index (χ1n) is 5.01. The Labute approximate surface area is 92.4 Å². The van der Waals surface area contributed by atoms with Gasteiger partial charge in [-0.2, -0.15) is 9.37 Å². The molecule has 5 heteroatoms. The predicted octanol–water partition coefficient (Wildman–Crippen LogP) is 1.74. The number of pyridine rings is 1. The molecule has 0 unspecified atom stereocenters. The number of nitrogens with one attached hydrogen (secondary N) is 1. The third-order valence-electron chi connectivity index (χ3n) is 2.43. The molecule has 0 aliphatic rings. The molecule has 0 radical (unpaired) electrons. The van der Waals surface area contributed by atoms with Crippen molar-refractivity contribution in [3.05, 3.63) is 23.8 Å². The SMILES string of the molecule is CNCCc1coc2nc(F)c(OC)cc12. The Morgan fingerprint density at radius 3 is 3.06 bits per heavy atom. The zero-order valence-electron chi connectivity index (χ0n) is 9.21. The van der Waals surface area contributed by atoms with E-state index in [9.17, 15) is 4.39 Å². The molecular weight excluding hydrogens is 211 g/mol. The molecule has 0 spiro atoms. The third-order valence-corrected chi connectivity index (χ3v) is 2.43. The molecule has 2 heterocycles. The van der Waals surface area contributed by atoms with Crippen LogP contribution in [0.1, 0.15) is 5.56 Å². The van der Waals surface area contributed by atoms with Crippen molar-refractivity contribution in [2.75, 3.05) is 20.7 Å². The van der Waals surface area contributed by atoms with Crippen molar-refractivity contribution in [1.82, 2.24) is 10.3 Å². The van der Waals surface area contributed by atoms with Gasteiger partial charge in [-0.25, -0.2) is 0 Å². The quantitative estimate of drug-likeness (QED) is 0.803. The van der Waals surface area contributed by atoms with Gasteiger partial charge in [0.15, 0.2) is 5.75 Å². The van der Waals surface area contributed by atoms with Crippen molar-refractivity contribution in [3.63, 3.8) is 0 Å². The van der Waals surface area contributed by atoms with E-state index in [0.29, 0.717) is 5.71 Å². The summed E-state index contributed by atoms with van der Waals surface area (Å²) >= 11 is 0. The molecule has 0 aliphatic heterocycles. The Hall–Kier alpha value is -1.62. The van der Waals surface area contributed by atoms with Crippen molar-refractivity contribution in [2.45, 2.75) is 6.42 Å². The van der Waals surface area contributed by atoms with Gasteiger partial charge in [-0.15, -0.1) is 0 Å². The van der Waals surface area contributed by atoms with Crippen LogP contribution in [0.3, 0.4) is 0 Å². The highest BCUT2D eigenvalue weighted by molar-refractivity contribution is 5.79. The van der Waals surface area contributed by atoms with E-state index in [-0.39, 0.29) is 5.75 Å². The minimum Gasteiger partial charge on any atom is -0.492 e. The van der Waals surface area contributed by atoms with Gasteiger partial charge >= 0.3 is 0 Å². The first-order chi connectivity index (χ1) is 7.76. The Balaban J connectivity index is 2.45. The van der Waals surface area contributed by atoms with E-state index in [0.717, 1.165) is 23.9 Å². The fourth-order valence-corrected chi connectivity index (χ4v) is 1.56. The molecule has 0 saturated heterocycles. The lowest BCUT2D eigenvalue weighted by molar-refractivity contribution is 0.378. The van der Waals surface area contributed by atoms with Crippen LogP contribution in [0, 0.1) is 5.95 Å². The van der Waals surface area contributed by atoms with E-state index in [2.05, 4.69) is 10.3 Å². The van der Waals surface area contributed by atoms with Crippen LogP contribution in [-0.2, 0) is 6.42 Å². The zero-order valence-corrected chi connectivity index (χ0v) is 9.21. The van der Waals surface area contributed by atoms with Gasteiger partial charge < -0.3 is 14.5 Å². The van der Waals surface area contributed by atoms with Crippen molar-refractivity contribution in [1.29, 1.82) is 0 Å². The highest BCUT2D eigenvalue weighted by Crippen LogP contribution is 2.26. The Bertz CT molecular complexity index is 496. The number of hydrogen-bond acceptors (Lipinski definition) is 4. The zero-order chi connectivity index (χ0) is 11.5. The van der Waals surface area contributed by atoms with Crippen LogP contribution in [0.2, 0.25) is 0 Å². The number of likely N-dealkylation sites (N-methyl/N-ethyl adjacent to an activating group) is 1. The minimum atomic E-state index is -0.649. The third kappa shape index (κ3) is 1.86. The molecule has 0 saturated carbocycles. The van der Waals surface area contributed by atoms with Gasteiger partial charge in [-0.1, -0.05) is 0 Å². The average Bonchev–Trinajstić information content (AvgIpc) is 2.67. The van der Waals surface area contributed by atoms with Gasteiger partial charge in [0.1, 0.15) is 0 Å². The molecule has 0 bridgehead atoms. The van der Waals surface area contributed by atoms with Gasteiger partial charge in [-0.05, 0) is 26.1 Å². The van der Waals surface area contributed by atoms with Gasteiger partial charge in [0.2, 0.25) is 5.71 Å². The molecule has 1 N–H and O–H groups in total. The summed E-state index contributed by atoms with van der Waals surface area (Å²) in [5.41, 5.74) is 1.31. The van der Waals surface area contributed by atoms with Crippen LogP contribution in [0.25, 0.3) is 11.1 Å². The topological polar surface area (TPSA) is 47.3 Å². The van der Waals surface area contributed by atoms with Crippen LogP contribution < -0.4 is 10.1 Å². The lowest BCUT2D eigenvalue weighted by atomic mass is 10.1. The fourth-order valence-electron chi connectivity index (χ4n) is 1.56. The second kappa shape index (κ2) is 4.49. The van der Waals surface area contributed by atoms with Crippen molar-refractivity contribution < 1.29 is 13.5 Å². The lowest BCUT2D eigenvalue weighted by Gasteiger charge is -2.01. The fraction of sp³-hybridized carbons (Fsp3) is 0.364. The molecule has 2 rings (SSSR count). The molecule has 2 aromatic heterocycles. The van der Waals surface area contributed by atoms with E-state index in [4.69, 9.17) is 9.15 Å². The molecule has 0 aliphatic carbocycles. The summed E-state index contributed by atoms with van der Waals surface area (Å²) < 4.78 is 23.4. The van der Waals surface area contributed by atoms with E-state index < -0.39 is 5.95 Å². The lowest BCUT2D eigenvalue weighted by Crippen LogP contribution is -2.09. The van der Waals surface area contributed by atoms with Crippen molar-refractivity contribution >= 4 is 11.1 Å². The maximum Gasteiger partial charge on any atom is 0.258 e. The van der Waals surface area contributed by atoms with Crippen LogP contribution in [-0.4, -0.2) is 25.7 Å². The molecular formula is C11H13FN2O2. The Kier molecular flexibility index (Phi) is 3.05. The smallest absolute Gasteiger partial charge is 0.258 e. The highest BCUT2D eigenvalue weighted by atomic mass is 19.1. The van der Waals surface area contributed by atoms with Crippen LogP contribution >= 0.6 is 0 Å². The molecule has 16 heavy (non-hydrogen) atoms. The maximum absolute atomic E-state index is 13.3. The minimum absolute atomic E-state index is 0.139. The Morgan fingerprint density at radius 1 is 1.56 bits per heavy atom. The summed E-state index contributed by atoms with van der Waals surface area (Å²) in [4.78, 5) is 3.70. The number of aromatic nitrogens is 1. The Morgan fingerprint density at radius 2 is 2.38 bits per heavy atom. The second-order valence-electron chi connectivity index (χ2n) is 3.45. The molecule has 2 aromatic rings. The number of hydrogen-bond donors (Lipinski definition) is 1. The summed E-state index contributed by atoms with van der Waals surface area (Å²) in [6.45, 7) is 0.828. The van der Waals surface area contributed by atoms with Crippen LogP contribution in [0.5, 0.6) is 5.75 Å². The van der Waals surface area contributed by atoms with Crippen LogP contribution in [0.4, 0.5) is 4.39 Å². The van der Waals surface area contributed by atoms with E-state index in [1.54, 1.807) is 12.3 Å². The molecule has 0 amide bonds. The number of methoxy groups -OCH3 is 1. The van der Waals surface area contributed by atoms with Gasteiger partial charge in [0.25, 0.3) is 5.95 Å². The van der Waals surface area contributed by atoms with Gasteiger partial charge in [0.05, 0.1) is 13.4 Å². The van der Waals surface area contributed by atoms with E-state index >= 15 is 0 Å². The van der Waals surface area contributed by atoms with Gasteiger partial charge in [0, 0.05) is 10.9 Å². The predicted molar refractivity (Wildman–Crippen MR) is 58.1 cm³/mol. The number of halogens is 1. The van der Waals surface area contributed by atoms with Crippen LogP contribution in [0.15, 0.2) is 16.7 Å². The molecule has 0 aromatic carbocycles. The maximum atomic E-state index is 13.3. The normalized spacial score (nSPS) is 10.9. The van der Waals surface area contributed by atoms with E-state index in [1.807, 2.05) is 7.05 Å². The highest BCUT2D eigenvalue weighted by Gasteiger charge is 2.12. The summed E-state index contributed by atoms with van der Waals surface area (Å²) in [7, 11) is 3.29. The summed E-state index contributed by atoms with van der Waals surface area (Å²) in [6.07, 6.45) is 2.41. The number of furan rings is 1. The van der Waals surface area contributed by atoms with Crippen molar-refractivity contribution in [2.24, 2.45) is 0 Å². The second-order valence-corrected chi connectivity index (χ2v) is 3.45.